The number of nitrogens with zero attached hydrogens (tertiary/aromatic N) is 4. The van der Waals surface area contributed by atoms with Gasteiger partial charge in [0.15, 0.2) is 5.82 Å². The molecule has 1 aromatic carbocycles. The predicted octanol–water partition coefficient (Wildman–Crippen LogP) is 3.21. The Balaban J connectivity index is 1.73. The first-order valence-electron chi connectivity index (χ1n) is 8.96. The summed E-state index contributed by atoms with van der Waals surface area (Å²) in [7, 11) is 3.53. The summed E-state index contributed by atoms with van der Waals surface area (Å²) >= 11 is 0. The average Bonchev–Trinajstić information content (AvgIpc) is 3.11. The van der Waals surface area contributed by atoms with Crippen LogP contribution in [0.15, 0.2) is 34.9 Å². The van der Waals surface area contributed by atoms with Crippen molar-refractivity contribution in [2.45, 2.75) is 44.6 Å². The Morgan fingerprint density at radius 3 is 2.56 bits per heavy atom. The quantitative estimate of drug-likeness (QED) is 0.806. The van der Waals surface area contributed by atoms with Gasteiger partial charge < -0.3 is 14.3 Å². The van der Waals surface area contributed by atoms with Gasteiger partial charge in [0.1, 0.15) is 0 Å². The maximum absolute atomic E-state index is 12.2. The number of hydrogen-bond donors (Lipinski definition) is 0. The molecule has 0 aliphatic heterocycles. The molecule has 0 N–H and O–H groups in total. The molecule has 1 saturated carbocycles. The minimum atomic E-state index is 0.0415. The number of carbonyl (C=O) groups excluding carboxylic acids is 1. The number of benzene rings is 1. The van der Waals surface area contributed by atoms with Crippen molar-refractivity contribution in [1.29, 1.82) is 0 Å². The Morgan fingerprint density at radius 1 is 1.16 bits per heavy atom. The van der Waals surface area contributed by atoms with Gasteiger partial charge in [-0.05, 0) is 25.0 Å². The van der Waals surface area contributed by atoms with Gasteiger partial charge in [-0.1, -0.05) is 42.6 Å². The van der Waals surface area contributed by atoms with Gasteiger partial charge >= 0.3 is 0 Å². The van der Waals surface area contributed by atoms with Crippen molar-refractivity contribution >= 4 is 11.6 Å². The molecule has 0 atom stereocenters. The topological polar surface area (TPSA) is 62.5 Å². The van der Waals surface area contributed by atoms with Crippen molar-refractivity contribution in [2.24, 2.45) is 0 Å². The highest BCUT2D eigenvalue weighted by molar-refractivity contribution is 5.80. The van der Waals surface area contributed by atoms with Crippen LogP contribution in [0.4, 0.5) is 5.69 Å². The largest absolute Gasteiger partial charge is 0.355 e. The summed E-state index contributed by atoms with van der Waals surface area (Å²) in [5.41, 5.74) is 0.974. The fraction of sp³-hybridized carbons (Fsp3) is 0.526. The standard InChI is InChI=1S/C19H26N4O2/c1-22(2)18(24)14-23(16-11-7-4-8-12-16)13-17-20-19(25-21-17)15-9-5-3-6-10-15/h4,7-8,11-12,15H,3,5-6,9-10,13-14H2,1-2H3. The third-order valence-electron chi connectivity index (χ3n) is 4.72. The van der Waals surface area contributed by atoms with E-state index in [0.717, 1.165) is 24.4 Å². The van der Waals surface area contributed by atoms with Crippen LogP contribution in [0.25, 0.3) is 0 Å². The van der Waals surface area contributed by atoms with E-state index in [9.17, 15) is 4.79 Å². The Bertz CT molecular complexity index is 678. The molecule has 0 spiro atoms. The first kappa shape index (κ1) is 17.5. The fourth-order valence-corrected chi connectivity index (χ4v) is 3.20. The van der Waals surface area contributed by atoms with Crippen LogP contribution in [0, 0.1) is 0 Å². The number of para-hydroxylation sites is 1. The number of amides is 1. The zero-order chi connectivity index (χ0) is 17.6. The summed E-state index contributed by atoms with van der Waals surface area (Å²) in [6.45, 7) is 0.740. The molecule has 1 fully saturated rings. The highest BCUT2D eigenvalue weighted by Gasteiger charge is 2.23. The predicted molar refractivity (Wildman–Crippen MR) is 96.3 cm³/mol. The SMILES string of the molecule is CN(C)C(=O)CN(Cc1noc(C2CCCCC2)n1)c1ccccc1. The first-order chi connectivity index (χ1) is 12.1. The van der Waals surface area contributed by atoms with Crippen LogP contribution < -0.4 is 4.90 Å². The van der Waals surface area contributed by atoms with Crippen molar-refractivity contribution in [3.8, 4) is 0 Å². The van der Waals surface area contributed by atoms with Crippen molar-refractivity contribution in [1.82, 2.24) is 15.0 Å². The molecule has 0 unspecified atom stereocenters. The zero-order valence-corrected chi connectivity index (χ0v) is 15.0. The van der Waals surface area contributed by atoms with Gasteiger partial charge in [-0.3, -0.25) is 4.79 Å². The van der Waals surface area contributed by atoms with Crippen LogP contribution in [-0.4, -0.2) is 41.6 Å². The Kier molecular flexibility index (Phi) is 5.68. The number of hydrogen-bond acceptors (Lipinski definition) is 5. The Hall–Kier alpha value is -2.37. The number of rotatable bonds is 6. The minimum absolute atomic E-state index is 0.0415. The van der Waals surface area contributed by atoms with Crippen LogP contribution in [0.1, 0.15) is 49.7 Å². The fourth-order valence-electron chi connectivity index (χ4n) is 3.20. The van der Waals surface area contributed by atoms with E-state index < -0.39 is 0 Å². The summed E-state index contributed by atoms with van der Waals surface area (Å²) in [5.74, 6) is 1.82. The van der Waals surface area contributed by atoms with E-state index in [0.29, 0.717) is 18.3 Å². The second-order valence-electron chi connectivity index (χ2n) is 6.86. The summed E-state index contributed by atoms with van der Waals surface area (Å²) in [5, 5.41) is 4.16. The van der Waals surface area contributed by atoms with E-state index in [1.165, 1.54) is 19.3 Å². The summed E-state index contributed by atoms with van der Waals surface area (Å²) in [4.78, 5) is 20.4. The molecule has 1 aliphatic carbocycles. The van der Waals surface area contributed by atoms with E-state index in [-0.39, 0.29) is 12.5 Å². The van der Waals surface area contributed by atoms with E-state index >= 15 is 0 Å². The van der Waals surface area contributed by atoms with Gasteiger partial charge in [0, 0.05) is 25.7 Å². The van der Waals surface area contributed by atoms with Gasteiger partial charge in [0.2, 0.25) is 11.8 Å². The van der Waals surface area contributed by atoms with E-state index in [1.807, 2.05) is 35.2 Å². The van der Waals surface area contributed by atoms with Crippen molar-refractivity contribution in [3.05, 3.63) is 42.0 Å². The maximum atomic E-state index is 12.2. The van der Waals surface area contributed by atoms with Gasteiger partial charge in [-0.15, -0.1) is 0 Å². The number of carbonyl (C=O) groups is 1. The molecule has 6 heteroatoms. The van der Waals surface area contributed by atoms with Crippen LogP contribution in [-0.2, 0) is 11.3 Å². The van der Waals surface area contributed by atoms with Gasteiger partial charge in [0.25, 0.3) is 0 Å². The Labute approximate surface area is 148 Å². The lowest BCUT2D eigenvalue weighted by Gasteiger charge is -2.24. The second-order valence-corrected chi connectivity index (χ2v) is 6.86. The molecular weight excluding hydrogens is 316 g/mol. The van der Waals surface area contributed by atoms with Gasteiger partial charge in [-0.25, -0.2) is 0 Å². The molecule has 25 heavy (non-hydrogen) atoms. The monoisotopic (exact) mass is 342 g/mol. The van der Waals surface area contributed by atoms with Crippen molar-refractivity contribution in [2.75, 3.05) is 25.5 Å². The first-order valence-corrected chi connectivity index (χ1v) is 8.96. The van der Waals surface area contributed by atoms with Gasteiger partial charge in [-0.2, -0.15) is 4.98 Å². The molecule has 1 aromatic heterocycles. The van der Waals surface area contributed by atoms with Crippen LogP contribution in [0.3, 0.4) is 0 Å². The third kappa shape index (κ3) is 4.59. The molecule has 1 heterocycles. The highest BCUT2D eigenvalue weighted by Crippen LogP contribution is 2.31. The lowest BCUT2D eigenvalue weighted by atomic mass is 9.89. The van der Waals surface area contributed by atoms with E-state index in [2.05, 4.69) is 10.1 Å². The number of aromatic nitrogens is 2. The van der Waals surface area contributed by atoms with E-state index in [1.54, 1.807) is 19.0 Å². The molecule has 0 bridgehead atoms. The number of likely N-dealkylation sites (N-methyl/N-ethyl adjacent to an activating group) is 1. The van der Waals surface area contributed by atoms with Gasteiger partial charge in [0.05, 0.1) is 13.1 Å². The minimum Gasteiger partial charge on any atom is -0.355 e. The second kappa shape index (κ2) is 8.14. The molecular formula is C19H26N4O2. The summed E-state index contributed by atoms with van der Waals surface area (Å²) < 4.78 is 5.51. The molecule has 1 amide bonds. The highest BCUT2D eigenvalue weighted by atomic mass is 16.5. The van der Waals surface area contributed by atoms with Crippen molar-refractivity contribution in [3.63, 3.8) is 0 Å². The third-order valence-corrected chi connectivity index (χ3v) is 4.72. The summed E-state index contributed by atoms with van der Waals surface area (Å²) in [6.07, 6.45) is 6.02. The lowest BCUT2D eigenvalue weighted by Crippen LogP contribution is -2.36. The molecule has 2 aromatic rings. The molecule has 134 valence electrons. The van der Waals surface area contributed by atoms with Crippen LogP contribution in [0.5, 0.6) is 0 Å². The molecule has 6 nitrogen and oxygen atoms in total. The summed E-state index contributed by atoms with van der Waals surface area (Å²) in [6, 6.07) is 9.87. The molecule has 0 radical (unpaired) electrons. The number of anilines is 1. The lowest BCUT2D eigenvalue weighted by molar-refractivity contribution is -0.127. The van der Waals surface area contributed by atoms with Crippen LogP contribution >= 0.6 is 0 Å². The molecule has 1 aliphatic rings. The normalized spacial score (nSPS) is 15.1. The Morgan fingerprint density at radius 2 is 1.88 bits per heavy atom. The average molecular weight is 342 g/mol. The zero-order valence-electron chi connectivity index (χ0n) is 15.0. The molecule has 3 rings (SSSR count). The smallest absolute Gasteiger partial charge is 0.241 e. The molecule has 0 saturated heterocycles. The van der Waals surface area contributed by atoms with E-state index in [4.69, 9.17) is 4.52 Å². The maximum Gasteiger partial charge on any atom is 0.241 e. The van der Waals surface area contributed by atoms with Crippen molar-refractivity contribution < 1.29 is 9.32 Å². The van der Waals surface area contributed by atoms with Crippen LogP contribution in [0.2, 0.25) is 0 Å².